The van der Waals surface area contributed by atoms with Crippen LogP contribution >= 0.6 is 0 Å². The van der Waals surface area contributed by atoms with E-state index in [2.05, 4.69) is 0 Å². The number of methoxy groups -OCH3 is 2. The summed E-state index contributed by atoms with van der Waals surface area (Å²) in [7, 11) is 3.32. The molecule has 1 heterocycles. The maximum atomic E-state index is 12.6. The Balaban J connectivity index is 1.82. The Bertz CT molecular complexity index is 858. The van der Waals surface area contributed by atoms with Crippen LogP contribution in [-0.4, -0.2) is 43.6 Å². The lowest BCUT2D eigenvalue weighted by atomic mass is 10.0. The van der Waals surface area contributed by atoms with Gasteiger partial charge in [0.05, 0.1) is 20.8 Å². The van der Waals surface area contributed by atoms with Crippen molar-refractivity contribution < 1.29 is 23.7 Å². The normalized spacial score (nSPS) is 17.3. The molecule has 0 aliphatic carbocycles. The largest absolute Gasteiger partial charge is 0.496 e. The van der Waals surface area contributed by atoms with E-state index in [9.17, 15) is 4.79 Å². The molecule has 0 bridgehead atoms. The van der Waals surface area contributed by atoms with Crippen molar-refractivity contribution in [2.75, 3.05) is 20.8 Å². The summed E-state index contributed by atoms with van der Waals surface area (Å²) < 4.78 is 23.0. The number of hydrogen-bond donors (Lipinski definition) is 0. The molecule has 2 aromatic rings. The number of amides is 1. The smallest absolute Gasteiger partial charge is 0.412 e. The Labute approximate surface area is 172 Å². The lowest BCUT2D eigenvalue weighted by Gasteiger charge is -2.36. The fourth-order valence-corrected chi connectivity index (χ4v) is 3.68. The molecule has 29 heavy (non-hydrogen) atoms. The molecule has 1 amide bonds. The van der Waals surface area contributed by atoms with Crippen LogP contribution in [0.15, 0.2) is 30.3 Å². The first-order valence-electron chi connectivity index (χ1n) is 10.1. The number of fused-ring (bicyclic) bond motifs is 1. The summed E-state index contributed by atoms with van der Waals surface area (Å²) in [5, 5.41) is 1.96. The second-order valence-corrected chi connectivity index (χ2v) is 8.25. The Hall–Kier alpha value is -2.47. The van der Waals surface area contributed by atoms with E-state index in [0.717, 1.165) is 47.1 Å². The van der Waals surface area contributed by atoms with Gasteiger partial charge in [-0.15, -0.1) is 0 Å². The molecule has 0 spiro atoms. The third-order valence-electron chi connectivity index (χ3n) is 4.97. The number of benzene rings is 2. The van der Waals surface area contributed by atoms with E-state index < -0.39 is 5.60 Å². The van der Waals surface area contributed by atoms with Crippen molar-refractivity contribution in [3.63, 3.8) is 0 Å². The van der Waals surface area contributed by atoms with Crippen molar-refractivity contribution in [2.45, 2.75) is 58.5 Å². The molecule has 1 aliphatic heterocycles. The summed E-state index contributed by atoms with van der Waals surface area (Å²) in [5.41, 5.74) is 0.353. The van der Waals surface area contributed by atoms with Gasteiger partial charge in [-0.1, -0.05) is 24.3 Å². The molecule has 1 fully saturated rings. The summed E-state index contributed by atoms with van der Waals surface area (Å²) >= 11 is 0. The van der Waals surface area contributed by atoms with E-state index in [4.69, 9.17) is 18.9 Å². The number of likely N-dealkylation sites (tertiary alicyclic amines) is 1. The van der Waals surface area contributed by atoms with Crippen LogP contribution in [0.5, 0.6) is 11.5 Å². The van der Waals surface area contributed by atoms with Crippen molar-refractivity contribution in [1.29, 1.82) is 0 Å². The number of hydrogen-bond acceptors (Lipinski definition) is 5. The van der Waals surface area contributed by atoms with Crippen LogP contribution in [0.1, 0.15) is 45.6 Å². The zero-order valence-corrected chi connectivity index (χ0v) is 18.0. The monoisotopic (exact) mass is 401 g/mol. The van der Waals surface area contributed by atoms with Crippen LogP contribution in [-0.2, 0) is 16.1 Å². The molecule has 0 radical (unpaired) electrons. The number of carbonyl (C=O) groups excluding carboxylic acids is 1. The Morgan fingerprint density at radius 3 is 2.48 bits per heavy atom. The van der Waals surface area contributed by atoms with Gasteiger partial charge in [-0.3, -0.25) is 4.90 Å². The summed E-state index contributed by atoms with van der Waals surface area (Å²) in [6, 6.07) is 9.91. The Morgan fingerprint density at radius 1 is 1.10 bits per heavy atom. The minimum Gasteiger partial charge on any atom is -0.496 e. The van der Waals surface area contributed by atoms with Gasteiger partial charge in [0.25, 0.3) is 0 Å². The first-order valence-corrected chi connectivity index (χ1v) is 10.1. The highest BCUT2D eigenvalue weighted by molar-refractivity contribution is 5.94. The number of ether oxygens (including phenoxy) is 4. The van der Waals surface area contributed by atoms with Crippen LogP contribution in [0.4, 0.5) is 4.79 Å². The minimum absolute atomic E-state index is 0.314. The first kappa shape index (κ1) is 21.2. The molecule has 0 saturated carbocycles. The molecule has 3 rings (SSSR count). The average Bonchev–Trinajstić information content (AvgIpc) is 2.70. The van der Waals surface area contributed by atoms with Crippen LogP contribution in [0, 0.1) is 0 Å². The molecular formula is C23H31NO5. The summed E-state index contributed by atoms with van der Waals surface area (Å²) in [5.74, 6) is 1.54. The maximum Gasteiger partial charge on any atom is 0.412 e. The molecule has 6 nitrogen and oxygen atoms in total. The first-order chi connectivity index (χ1) is 13.8. The highest BCUT2D eigenvalue weighted by atomic mass is 16.6. The van der Waals surface area contributed by atoms with Crippen molar-refractivity contribution in [1.82, 2.24) is 4.90 Å². The lowest BCUT2D eigenvalue weighted by Crippen LogP contribution is -2.47. The van der Waals surface area contributed by atoms with Gasteiger partial charge in [0, 0.05) is 22.9 Å². The van der Waals surface area contributed by atoms with E-state index in [1.165, 1.54) is 0 Å². The van der Waals surface area contributed by atoms with Crippen LogP contribution < -0.4 is 9.47 Å². The molecule has 1 atom stereocenters. The van der Waals surface area contributed by atoms with E-state index in [0.29, 0.717) is 13.2 Å². The number of rotatable bonds is 5. The Morgan fingerprint density at radius 2 is 1.83 bits per heavy atom. The molecule has 0 aromatic heterocycles. The fraction of sp³-hybridized carbons (Fsp3) is 0.522. The van der Waals surface area contributed by atoms with Gasteiger partial charge in [0.15, 0.2) is 0 Å². The van der Waals surface area contributed by atoms with Crippen LogP contribution in [0.2, 0.25) is 0 Å². The second-order valence-electron chi connectivity index (χ2n) is 8.25. The molecule has 1 aliphatic rings. The maximum absolute atomic E-state index is 12.6. The van der Waals surface area contributed by atoms with Gasteiger partial charge in [-0.05, 0) is 46.1 Å². The number of nitrogens with zero attached hydrogens (tertiary/aromatic N) is 1. The quantitative estimate of drug-likeness (QED) is 0.696. The molecule has 0 N–H and O–H groups in total. The zero-order chi connectivity index (χ0) is 21.0. The Kier molecular flexibility index (Phi) is 6.52. The van der Waals surface area contributed by atoms with Crippen LogP contribution in [0.25, 0.3) is 10.8 Å². The van der Waals surface area contributed by atoms with E-state index in [-0.39, 0.29) is 12.3 Å². The zero-order valence-electron chi connectivity index (χ0n) is 18.0. The van der Waals surface area contributed by atoms with Gasteiger partial charge in [-0.25, -0.2) is 4.79 Å². The predicted molar refractivity (Wildman–Crippen MR) is 112 cm³/mol. The fourth-order valence-electron chi connectivity index (χ4n) is 3.68. The number of piperidine rings is 1. The van der Waals surface area contributed by atoms with Gasteiger partial charge in [0.2, 0.25) is 0 Å². The molecular weight excluding hydrogens is 370 g/mol. The minimum atomic E-state index is -0.534. The summed E-state index contributed by atoms with van der Waals surface area (Å²) in [6.07, 6.45) is 2.10. The molecule has 158 valence electrons. The summed E-state index contributed by atoms with van der Waals surface area (Å²) in [4.78, 5) is 14.3. The van der Waals surface area contributed by atoms with Gasteiger partial charge >= 0.3 is 6.09 Å². The van der Waals surface area contributed by atoms with Crippen molar-refractivity contribution in [3.05, 3.63) is 35.9 Å². The van der Waals surface area contributed by atoms with E-state index in [1.54, 1.807) is 19.1 Å². The van der Waals surface area contributed by atoms with Crippen molar-refractivity contribution >= 4 is 16.9 Å². The SMILES string of the molecule is COc1cc(COC2CCCCN2C(=O)OC(C)(C)C)c(OC)c2ccccc12. The van der Waals surface area contributed by atoms with Gasteiger partial charge in [-0.2, -0.15) is 0 Å². The third-order valence-corrected chi connectivity index (χ3v) is 4.97. The lowest BCUT2D eigenvalue weighted by molar-refractivity contribution is -0.0900. The summed E-state index contributed by atoms with van der Waals surface area (Å²) in [6.45, 7) is 6.57. The molecule has 2 aromatic carbocycles. The average molecular weight is 402 g/mol. The molecule has 1 saturated heterocycles. The van der Waals surface area contributed by atoms with E-state index in [1.807, 2.05) is 51.1 Å². The van der Waals surface area contributed by atoms with Crippen molar-refractivity contribution in [2.24, 2.45) is 0 Å². The van der Waals surface area contributed by atoms with Gasteiger partial charge < -0.3 is 18.9 Å². The highest BCUT2D eigenvalue weighted by Crippen LogP contribution is 2.37. The standard InChI is InChI=1S/C23H31NO5/c1-23(2,3)29-22(25)24-13-9-8-12-20(24)28-15-16-14-19(26-4)17-10-6-7-11-18(17)21(16)27-5/h6-7,10-11,14,20H,8-9,12-13,15H2,1-5H3. The van der Waals surface area contributed by atoms with Crippen molar-refractivity contribution in [3.8, 4) is 11.5 Å². The highest BCUT2D eigenvalue weighted by Gasteiger charge is 2.31. The number of carbonyl (C=O) groups is 1. The second kappa shape index (κ2) is 8.91. The van der Waals surface area contributed by atoms with Crippen LogP contribution in [0.3, 0.4) is 0 Å². The van der Waals surface area contributed by atoms with Gasteiger partial charge in [0.1, 0.15) is 23.3 Å². The molecule has 6 heteroatoms. The van der Waals surface area contributed by atoms with E-state index >= 15 is 0 Å². The third kappa shape index (κ3) is 4.93. The predicted octanol–water partition coefficient (Wildman–Crippen LogP) is 5.12. The molecule has 1 unspecified atom stereocenters. The topological polar surface area (TPSA) is 57.2 Å².